The van der Waals surface area contributed by atoms with Gasteiger partial charge in [-0.05, 0) is 17.5 Å². The van der Waals surface area contributed by atoms with Gasteiger partial charge in [-0.1, -0.05) is 45.6 Å². The maximum Gasteiger partial charge on any atom is 0.326 e. The summed E-state index contributed by atoms with van der Waals surface area (Å²) in [6.07, 6.45) is 1.57. The maximum atomic E-state index is 12.3. The zero-order chi connectivity index (χ0) is 16.0. The summed E-state index contributed by atoms with van der Waals surface area (Å²) in [4.78, 5) is 23.6. The lowest BCUT2D eigenvalue weighted by atomic mass is 9.86. The van der Waals surface area contributed by atoms with Gasteiger partial charge in [-0.25, -0.2) is 4.79 Å². The van der Waals surface area contributed by atoms with Crippen molar-refractivity contribution < 1.29 is 19.4 Å². The molecule has 0 aliphatic rings. The number of carbonyl (C=O) groups is 2. The van der Waals surface area contributed by atoms with Gasteiger partial charge in [0, 0.05) is 0 Å². The third-order valence-electron chi connectivity index (χ3n) is 2.88. The zero-order valence-corrected chi connectivity index (χ0v) is 12.6. The highest BCUT2D eigenvalue weighted by molar-refractivity contribution is 5.99. The Bertz CT molecular complexity index is 531. The first-order valence-electron chi connectivity index (χ1n) is 6.63. The molecule has 2 N–H and O–H groups in total. The molecule has 0 saturated heterocycles. The van der Waals surface area contributed by atoms with Crippen molar-refractivity contribution in [3.63, 3.8) is 0 Å². The van der Waals surface area contributed by atoms with E-state index in [1.54, 1.807) is 51.1 Å². The topological polar surface area (TPSA) is 75.6 Å². The molecule has 0 saturated carbocycles. The normalized spacial score (nSPS) is 12.3. The molecule has 0 aliphatic heterocycles. The molecule has 1 aromatic rings. The summed E-state index contributed by atoms with van der Waals surface area (Å²) in [6, 6.07) is 5.70. The van der Waals surface area contributed by atoms with Gasteiger partial charge >= 0.3 is 5.97 Å². The number of benzene rings is 1. The van der Waals surface area contributed by atoms with Crippen LogP contribution >= 0.6 is 0 Å². The highest BCUT2D eigenvalue weighted by Crippen LogP contribution is 2.22. The van der Waals surface area contributed by atoms with Gasteiger partial charge in [0.2, 0.25) is 0 Å². The SMILES string of the molecule is C=CCOc1ccccc1C(=O)N[C@@H](C(=O)O)C(C)(C)C. The summed E-state index contributed by atoms with van der Waals surface area (Å²) in [5.74, 6) is -1.15. The highest BCUT2D eigenvalue weighted by atomic mass is 16.5. The molecule has 0 heterocycles. The Balaban J connectivity index is 2.98. The minimum Gasteiger partial charge on any atom is -0.489 e. The molecule has 0 bridgehead atoms. The van der Waals surface area contributed by atoms with E-state index in [1.807, 2.05) is 0 Å². The molecular weight excluding hydrogens is 270 g/mol. The number of aliphatic carboxylic acids is 1. The average molecular weight is 291 g/mol. The number of ether oxygens (including phenoxy) is 1. The Morgan fingerprint density at radius 1 is 1.38 bits per heavy atom. The predicted octanol–water partition coefficient (Wildman–Crippen LogP) is 2.48. The van der Waals surface area contributed by atoms with Gasteiger partial charge in [-0.15, -0.1) is 0 Å². The van der Waals surface area contributed by atoms with E-state index in [1.165, 1.54) is 0 Å². The third kappa shape index (κ3) is 4.63. The third-order valence-corrected chi connectivity index (χ3v) is 2.88. The molecule has 1 rings (SSSR count). The Hall–Kier alpha value is -2.30. The van der Waals surface area contributed by atoms with Gasteiger partial charge < -0.3 is 15.2 Å². The minimum atomic E-state index is -1.07. The first-order valence-corrected chi connectivity index (χ1v) is 6.63. The predicted molar refractivity (Wildman–Crippen MR) is 80.5 cm³/mol. The molecular formula is C16H21NO4. The number of nitrogens with one attached hydrogen (secondary N) is 1. The van der Waals surface area contributed by atoms with E-state index in [9.17, 15) is 14.7 Å². The number of carboxylic acid groups (broad SMARTS) is 1. The monoisotopic (exact) mass is 291 g/mol. The van der Waals surface area contributed by atoms with Gasteiger partial charge in [-0.3, -0.25) is 4.79 Å². The molecule has 0 aromatic heterocycles. The zero-order valence-electron chi connectivity index (χ0n) is 12.6. The van der Waals surface area contributed by atoms with Crippen molar-refractivity contribution >= 4 is 11.9 Å². The van der Waals surface area contributed by atoms with Crippen molar-refractivity contribution in [1.82, 2.24) is 5.32 Å². The summed E-state index contributed by atoms with van der Waals surface area (Å²) in [5, 5.41) is 11.8. The highest BCUT2D eigenvalue weighted by Gasteiger charge is 2.33. The van der Waals surface area contributed by atoms with E-state index in [2.05, 4.69) is 11.9 Å². The number of amides is 1. The lowest BCUT2D eigenvalue weighted by Gasteiger charge is -2.28. The van der Waals surface area contributed by atoms with Gasteiger partial charge in [-0.2, -0.15) is 0 Å². The lowest BCUT2D eigenvalue weighted by Crippen LogP contribution is -2.49. The molecule has 0 radical (unpaired) electrons. The first kappa shape index (κ1) is 16.8. The van der Waals surface area contributed by atoms with Crippen LogP contribution in [0.1, 0.15) is 31.1 Å². The summed E-state index contributed by atoms with van der Waals surface area (Å²) in [7, 11) is 0. The number of carbonyl (C=O) groups excluding carboxylic acids is 1. The van der Waals surface area contributed by atoms with E-state index >= 15 is 0 Å². The molecule has 5 heteroatoms. The molecule has 0 spiro atoms. The Labute approximate surface area is 124 Å². The second kappa shape index (κ2) is 6.92. The quantitative estimate of drug-likeness (QED) is 0.790. The van der Waals surface area contributed by atoms with Crippen LogP contribution in [0.15, 0.2) is 36.9 Å². The second-order valence-electron chi connectivity index (χ2n) is 5.71. The fourth-order valence-electron chi connectivity index (χ4n) is 1.79. The van der Waals surface area contributed by atoms with E-state index in [4.69, 9.17) is 4.74 Å². The molecule has 1 amide bonds. The van der Waals surface area contributed by atoms with Crippen molar-refractivity contribution in [1.29, 1.82) is 0 Å². The summed E-state index contributed by atoms with van der Waals surface area (Å²) >= 11 is 0. The molecule has 0 aliphatic carbocycles. The van der Waals surface area contributed by atoms with Crippen LogP contribution in [0, 0.1) is 5.41 Å². The molecule has 114 valence electrons. The Morgan fingerprint density at radius 3 is 2.52 bits per heavy atom. The Morgan fingerprint density at radius 2 is 2.00 bits per heavy atom. The van der Waals surface area contributed by atoms with E-state index < -0.39 is 23.3 Å². The number of hydrogen-bond donors (Lipinski definition) is 2. The van der Waals surface area contributed by atoms with E-state index in [-0.39, 0.29) is 6.61 Å². The average Bonchev–Trinajstić information content (AvgIpc) is 2.40. The second-order valence-corrected chi connectivity index (χ2v) is 5.71. The fourth-order valence-corrected chi connectivity index (χ4v) is 1.79. The van der Waals surface area contributed by atoms with Crippen LogP contribution < -0.4 is 10.1 Å². The maximum absolute atomic E-state index is 12.3. The summed E-state index contributed by atoms with van der Waals surface area (Å²) in [5.41, 5.74) is -0.298. The number of carboxylic acids is 1. The smallest absolute Gasteiger partial charge is 0.326 e. The first-order chi connectivity index (χ1) is 9.77. The largest absolute Gasteiger partial charge is 0.489 e. The van der Waals surface area contributed by atoms with Crippen LogP contribution in [0.4, 0.5) is 0 Å². The summed E-state index contributed by atoms with van der Waals surface area (Å²) in [6.45, 7) is 9.09. The molecule has 0 unspecified atom stereocenters. The number of rotatable bonds is 6. The van der Waals surface area contributed by atoms with Crippen LogP contribution in [-0.4, -0.2) is 29.6 Å². The molecule has 21 heavy (non-hydrogen) atoms. The van der Waals surface area contributed by atoms with Crippen LogP contribution in [-0.2, 0) is 4.79 Å². The van der Waals surface area contributed by atoms with Crippen LogP contribution in [0.2, 0.25) is 0 Å². The molecule has 0 fully saturated rings. The molecule has 5 nitrogen and oxygen atoms in total. The lowest BCUT2D eigenvalue weighted by molar-refractivity contribution is -0.142. The van der Waals surface area contributed by atoms with Crippen LogP contribution in [0.25, 0.3) is 0 Å². The van der Waals surface area contributed by atoms with Crippen molar-refractivity contribution in [2.45, 2.75) is 26.8 Å². The van der Waals surface area contributed by atoms with Crippen molar-refractivity contribution in [2.24, 2.45) is 5.41 Å². The van der Waals surface area contributed by atoms with Crippen molar-refractivity contribution in [2.75, 3.05) is 6.61 Å². The van der Waals surface area contributed by atoms with E-state index in [0.29, 0.717) is 11.3 Å². The van der Waals surface area contributed by atoms with Crippen LogP contribution in [0.3, 0.4) is 0 Å². The van der Waals surface area contributed by atoms with Crippen LogP contribution in [0.5, 0.6) is 5.75 Å². The van der Waals surface area contributed by atoms with Gasteiger partial charge in [0.05, 0.1) is 5.56 Å². The minimum absolute atomic E-state index is 0.270. The molecule has 1 aromatic carbocycles. The summed E-state index contributed by atoms with van der Waals surface area (Å²) < 4.78 is 5.41. The van der Waals surface area contributed by atoms with E-state index in [0.717, 1.165) is 0 Å². The van der Waals surface area contributed by atoms with Crippen molar-refractivity contribution in [3.8, 4) is 5.75 Å². The fraction of sp³-hybridized carbons (Fsp3) is 0.375. The standard InChI is InChI=1S/C16H21NO4/c1-5-10-21-12-9-7-6-8-11(12)14(18)17-13(15(19)20)16(2,3)4/h5-9,13H,1,10H2,2-4H3,(H,17,18)(H,19,20)/t13-/m0/s1. The number of para-hydroxylation sites is 1. The molecule has 1 atom stereocenters. The van der Waals surface area contributed by atoms with Gasteiger partial charge in [0.1, 0.15) is 18.4 Å². The Kier molecular flexibility index (Phi) is 5.52. The van der Waals surface area contributed by atoms with Gasteiger partial charge in [0.25, 0.3) is 5.91 Å². The van der Waals surface area contributed by atoms with Crippen molar-refractivity contribution in [3.05, 3.63) is 42.5 Å². The number of hydrogen-bond acceptors (Lipinski definition) is 3. The van der Waals surface area contributed by atoms with Gasteiger partial charge in [0.15, 0.2) is 0 Å².